The average molecular weight is 633 g/mol. The lowest BCUT2D eigenvalue weighted by atomic mass is 9.68. The van der Waals surface area contributed by atoms with Crippen LogP contribution in [-0.4, -0.2) is 67.4 Å². The number of allylic oxidation sites excluding steroid dienone is 1. The van der Waals surface area contributed by atoms with Crippen molar-refractivity contribution in [2.45, 2.75) is 84.9 Å². The van der Waals surface area contributed by atoms with Gasteiger partial charge in [-0.05, 0) is 111 Å². The molecule has 10 heteroatoms. The van der Waals surface area contributed by atoms with Crippen molar-refractivity contribution in [2.24, 2.45) is 21.3 Å². The molecule has 0 unspecified atom stereocenters. The number of aliphatic imine (C=N–C) groups is 2. The molecule has 4 heterocycles. The SMILES string of the molecule is C/C=N\C(=N/C1=C[C@@]2(C(CC)=C(C)C)COC(C)(C)C[C@H]2N1c1cccc(CNC)n1)NC(=O)[C@@H]1C[C@H]1c1cccnc1.CNC.[HH].[HH]. The van der Waals surface area contributed by atoms with Crippen LogP contribution < -0.4 is 20.9 Å². The van der Waals surface area contributed by atoms with E-state index >= 15 is 0 Å². The molecule has 2 fully saturated rings. The summed E-state index contributed by atoms with van der Waals surface area (Å²) in [6, 6.07) is 10.1. The summed E-state index contributed by atoms with van der Waals surface area (Å²) in [5.41, 5.74) is 3.94. The van der Waals surface area contributed by atoms with Gasteiger partial charge in [0.15, 0.2) is 0 Å². The highest BCUT2D eigenvalue weighted by Gasteiger charge is 2.55. The van der Waals surface area contributed by atoms with Crippen LogP contribution in [0.5, 0.6) is 0 Å². The van der Waals surface area contributed by atoms with Crippen LogP contribution in [0.2, 0.25) is 0 Å². The second-order valence-corrected chi connectivity index (χ2v) is 13.1. The predicted molar refractivity (Wildman–Crippen MR) is 191 cm³/mol. The zero-order valence-electron chi connectivity index (χ0n) is 29.0. The van der Waals surface area contributed by atoms with Crippen molar-refractivity contribution < 1.29 is 12.4 Å². The van der Waals surface area contributed by atoms with Crippen LogP contribution in [0.15, 0.2) is 75.8 Å². The molecular weight excluding hydrogens is 576 g/mol. The summed E-state index contributed by atoms with van der Waals surface area (Å²) >= 11 is 0. The summed E-state index contributed by atoms with van der Waals surface area (Å²) in [5.74, 6) is 1.77. The predicted octanol–water partition coefficient (Wildman–Crippen LogP) is 5.85. The Hall–Kier alpha value is -3.73. The Morgan fingerprint density at radius 3 is 2.59 bits per heavy atom. The van der Waals surface area contributed by atoms with E-state index < -0.39 is 5.41 Å². The van der Waals surface area contributed by atoms with Crippen molar-refractivity contribution in [1.29, 1.82) is 0 Å². The molecule has 0 aromatic carbocycles. The minimum absolute atomic E-state index is 0. The van der Waals surface area contributed by atoms with Gasteiger partial charge in [0.2, 0.25) is 11.9 Å². The van der Waals surface area contributed by atoms with Gasteiger partial charge in [0.1, 0.15) is 11.6 Å². The van der Waals surface area contributed by atoms with E-state index in [-0.39, 0.29) is 38.2 Å². The molecule has 1 saturated heterocycles. The second-order valence-electron chi connectivity index (χ2n) is 13.1. The van der Waals surface area contributed by atoms with E-state index in [1.165, 1.54) is 11.1 Å². The molecule has 3 aliphatic rings. The summed E-state index contributed by atoms with van der Waals surface area (Å²) in [6.45, 7) is 13.9. The average Bonchev–Trinajstić information content (AvgIpc) is 3.76. The van der Waals surface area contributed by atoms with Gasteiger partial charge in [-0.25, -0.2) is 9.98 Å². The lowest BCUT2D eigenvalue weighted by molar-refractivity contribution is -0.121. The Kier molecular flexibility index (Phi) is 11.6. The van der Waals surface area contributed by atoms with Crippen molar-refractivity contribution in [3.05, 3.63) is 77.0 Å². The van der Waals surface area contributed by atoms with E-state index in [1.807, 2.05) is 64.6 Å². The summed E-state index contributed by atoms with van der Waals surface area (Å²) < 4.78 is 6.53. The van der Waals surface area contributed by atoms with Crippen LogP contribution in [-0.2, 0) is 16.1 Å². The molecular formula is C36H56N8O2. The van der Waals surface area contributed by atoms with Gasteiger partial charge in [-0.2, -0.15) is 4.99 Å². The number of anilines is 1. The van der Waals surface area contributed by atoms with E-state index in [2.05, 4.69) is 71.5 Å². The van der Waals surface area contributed by atoms with Crippen LogP contribution >= 0.6 is 0 Å². The highest BCUT2D eigenvalue weighted by Crippen LogP contribution is 2.53. The smallest absolute Gasteiger partial charge is 0.231 e. The number of fused-ring (bicyclic) bond motifs is 1. The summed E-state index contributed by atoms with van der Waals surface area (Å²) in [6.07, 6.45) is 9.96. The molecule has 2 aromatic heterocycles. The molecule has 0 radical (unpaired) electrons. The largest absolute Gasteiger partial charge is 0.374 e. The zero-order valence-corrected chi connectivity index (χ0v) is 29.0. The molecule has 1 saturated carbocycles. The van der Waals surface area contributed by atoms with Crippen LogP contribution in [0, 0.1) is 11.3 Å². The quantitative estimate of drug-likeness (QED) is 0.190. The molecule has 1 amide bonds. The number of hydrogen-bond acceptors (Lipinski definition) is 8. The number of guanidine groups is 1. The van der Waals surface area contributed by atoms with Gasteiger partial charge in [-0.15, -0.1) is 0 Å². The third-order valence-electron chi connectivity index (χ3n) is 8.79. The number of carbonyl (C=O) groups is 1. The fourth-order valence-corrected chi connectivity index (χ4v) is 6.78. The molecule has 0 bridgehead atoms. The first-order chi connectivity index (χ1) is 22.0. The third kappa shape index (κ3) is 7.79. The standard InChI is InChI=1S/C34H45N7O2.C2H7N.2H2/c1-8-27(22(3)4)34-18-30(39-32(37-9-2)40-31(42)26-16-25(26)23-12-11-15-36-19-23)41(28(34)17-33(5,6)43-21-34)29-14-10-13-24(38-29)20-35-7;1-3-2;;/h9-15,18-19,25-26,28,35H,8,16-17,20-21H2,1-7H3,(H,39,40,42);3H,1-2H3;2*1H/b37-9-;;;/t25-,26+,28+,34-;;;/m0.../s1. The van der Waals surface area contributed by atoms with E-state index in [1.54, 1.807) is 12.4 Å². The Bertz CT molecular complexity index is 1490. The maximum Gasteiger partial charge on any atom is 0.231 e. The highest BCUT2D eigenvalue weighted by molar-refractivity contribution is 6.02. The number of carbonyl (C=O) groups excluding carboxylic acids is 1. The molecule has 3 N–H and O–H groups in total. The Morgan fingerprint density at radius 1 is 1.20 bits per heavy atom. The molecule has 5 rings (SSSR count). The Morgan fingerprint density at radius 2 is 1.96 bits per heavy atom. The maximum absolute atomic E-state index is 13.4. The molecule has 46 heavy (non-hydrogen) atoms. The molecule has 2 aromatic rings. The number of amides is 1. The van der Waals surface area contributed by atoms with E-state index in [0.717, 1.165) is 36.3 Å². The molecule has 10 nitrogen and oxygen atoms in total. The topological polar surface area (TPSA) is 116 Å². The number of ether oxygens (including phenoxy) is 1. The fraction of sp³-hybridized carbons (Fsp3) is 0.528. The minimum atomic E-state index is -0.393. The first-order valence-electron chi connectivity index (χ1n) is 16.3. The van der Waals surface area contributed by atoms with Crippen molar-refractivity contribution >= 4 is 23.9 Å². The molecule has 4 atom stereocenters. The van der Waals surface area contributed by atoms with Gasteiger partial charge in [-0.1, -0.05) is 30.2 Å². The van der Waals surface area contributed by atoms with E-state index in [9.17, 15) is 4.79 Å². The van der Waals surface area contributed by atoms with Gasteiger partial charge < -0.3 is 20.3 Å². The number of pyridine rings is 2. The lowest BCUT2D eigenvalue weighted by Crippen LogP contribution is -2.54. The fourth-order valence-electron chi connectivity index (χ4n) is 6.78. The van der Waals surface area contributed by atoms with Crippen LogP contribution in [0.4, 0.5) is 5.82 Å². The van der Waals surface area contributed by atoms with Crippen LogP contribution in [0.1, 0.15) is 80.8 Å². The monoisotopic (exact) mass is 632 g/mol. The molecule has 252 valence electrons. The van der Waals surface area contributed by atoms with Gasteiger partial charge in [0.05, 0.1) is 29.4 Å². The highest BCUT2D eigenvalue weighted by atomic mass is 16.5. The van der Waals surface area contributed by atoms with Crippen molar-refractivity contribution in [2.75, 3.05) is 32.6 Å². The van der Waals surface area contributed by atoms with Crippen molar-refractivity contribution in [3.63, 3.8) is 0 Å². The third-order valence-corrected chi connectivity index (χ3v) is 8.79. The van der Waals surface area contributed by atoms with Crippen LogP contribution in [0.25, 0.3) is 0 Å². The lowest BCUT2D eigenvalue weighted by Gasteiger charge is -2.49. The van der Waals surface area contributed by atoms with E-state index in [0.29, 0.717) is 19.0 Å². The van der Waals surface area contributed by atoms with Crippen molar-refractivity contribution in [3.8, 4) is 0 Å². The van der Waals surface area contributed by atoms with Crippen LogP contribution in [0.3, 0.4) is 0 Å². The maximum atomic E-state index is 13.4. The van der Waals surface area contributed by atoms with Gasteiger partial charge >= 0.3 is 0 Å². The first-order valence-corrected chi connectivity index (χ1v) is 16.3. The van der Waals surface area contributed by atoms with E-state index in [4.69, 9.17) is 14.7 Å². The first kappa shape index (κ1) is 35.1. The minimum Gasteiger partial charge on any atom is -0.374 e. The number of nitrogens with one attached hydrogen (secondary N) is 3. The second kappa shape index (κ2) is 15.2. The summed E-state index contributed by atoms with van der Waals surface area (Å²) in [7, 11) is 5.67. The Labute approximate surface area is 277 Å². The van der Waals surface area contributed by atoms with Crippen molar-refractivity contribution in [1.82, 2.24) is 25.9 Å². The molecule has 1 aliphatic carbocycles. The number of hydrogen-bond donors (Lipinski definition) is 3. The zero-order chi connectivity index (χ0) is 33.5. The number of rotatable bonds is 8. The molecule has 0 spiro atoms. The normalized spacial score (nSPS) is 24.9. The summed E-state index contributed by atoms with van der Waals surface area (Å²) in [5, 5.41) is 9.00. The Balaban J connectivity index is 0.00000154. The van der Waals surface area contributed by atoms with Gasteiger partial charge in [0, 0.05) is 33.9 Å². The number of nitrogens with zero attached hydrogens (tertiary/aromatic N) is 5. The number of aromatic nitrogens is 2. The van der Waals surface area contributed by atoms with Gasteiger partial charge in [-0.3, -0.25) is 15.1 Å². The van der Waals surface area contributed by atoms with Gasteiger partial charge in [0.25, 0.3) is 0 Å². The molecule has 2 aliphatic heterocycles. The summed E-state index contributed by atoms with van der Waals surface area (Å²) in [4.78, 5) is 34.5.